The smallest absolute Gasteiger partial charge is 0.242 e. The number of hydrogen-bond donors (Lipinski definition) is 1. The van der Waals surface area contributed by atoms with Crippen LogP contribution in [0.3, 0.4) is 0 Å². The van der Waals surface area contributed by atoms with Crippen LogP contribution in [0.15, 0.2) is 60.7 Å². The normalized spacial score (nSPS) is 15.1. The van der Waals surface area contributed by atoms with Crippen LogP contribution in [0.1, 0.15) is 24.4 Å². The fourth-order valence-electron chi connectivity index (χ4n) is 2.70. The van der Waals surface area contributed by atoms with Crippen molar-refractivity contribution in [2.75, 3.05) is 20.2 Å². The Morgan fingerprint density at radius 3 is 2.38 bits per heavy atom. The zero-order valence-electron chi connectivity index (χ0n) is 14.0. The van der Waals surface area contributed by atoms with E-state index in [1.54, 1.807) is 0 Å². The monoisotopic (exact) mass is 324 g/mol. The Kier molecular flexibility index (Phi) is 5.49. The molecule has 1 N–H and O–H groups in total. The van der Waals surface area contributed by atoms with Crippen LogP contribution in [-0.2, 0) is 4.79 Å². The fourth-order valence-corrected chi connectivity index (χ4v) is 2.70. The van der Waals surface area contributed by atoms with Gasteiger partial charge < -0.3 is 10.1 Å². The lowest BCUT2D eigenvalue weighted by Gasteiger charge is -2.27. The summed E-state index contributed by atoms with van der Waals surface area (Å²) in [5, 5.41) is 3.12. The van der Waals surface area contributed by atoms with Crippen molar-refractivity contribution in [3.8, 4) is 5.75 Å². The van der Waals surface area contributed by atoms with E-state index in [0.29, 0.717) is 19.2 Å². The Balaban J connectivity index is 1.61. The van der Waals surface area contributed by atoms with E-state index in [1.807, 2.05) is 67.7 Å². The first-order valence-corrected chi connectivity index (χ1v) is 8.47. The summed E-state index contributed by atoms with van der Waals surface area (Å²) in [7, 11) is 1.97. The summed E-state index contributed by atoms with van der Waals surface area (Å²) in [4.78, 5) is 14.7. The minimum Gasteiger partial charge on any atom is -0.492 e. The summed E-state index contributed by atoms with van der Waals surface area (Å²) in [6.07, 6.45) is 2.18. The molecular weight excluding hydrogens is 300 g/mol. The van der Waals surface area contributed by atoms with Crippen molar-refractivity contribution in [2.45, 2.75) is 24.9 Å². The van der Waals surface area contributed by atoms with E-state index in [9.17, 15) is 4.79 Å². The highest BCUT2D eigenvalue weighted by Crippen LogP contribution is 2.24. The van der Waals surface area contributed by atoms with Gasteiger partial charge in [0.15, 0.2) is 0 Å². The highest BCUT2D eigenvalue weighted by Gasteiger charge is 2.30. The number of carbonyl (C=O) groups excluding carboxylic acids is 1. The number of para-hydroxylation sites is 1. The third kappa shape index (κ3) is 4.59. The Morgan fingerprint density at radius 2 is 1.75 bits per heavy atom. The van der Waals surface area contributed by atoms with Gasteiger partial charge in [-0.2, -0.15) is 0 Å². The molecular formula is C20H24N2O2. The second-order valence-corrected chi connectivity index (χ2v) is 6.24. The van der Waals surface area contributed by atoms with Crippen LogP contribution in [0.5, 0.6) is 5.75 Å². The molecule has 0 aromatic heterocycles. The second kappa shape index (κ2) is 7.97. The van der Waals surface area contributed by atoms with E-state index >= 15 is 0 Å². The van der Waals surface area contributed by atoms with Gasteiger partial charge in [-0.3, -0.25) is 9.69 Å². The van der Waals surface area contributed by atoms with Gasteiger partial charge in [0, 0.05) is 12.6 Å². The van der Waals surface area contributed by atoms with Crippen molar-refractivity contribution in [1.29, 1.82) is 0 Å². The standard InChI is InChI=1S/C20H24N2O2/c1-22(14-15-24-18-10-6-3-7-11-18)19(16-8-4-2-5-9-16)20(23)21-17-12-13-17/h2-11,17,19H,12-15H2,1H3,(H,21,23). The molecule has 2 aromatic carbocycles. The predicted octanol–water partition coefficient (Wildman–Crippen LogP) is 3.02. The van der Waals surface area contributed by atoms with E-state index in [2.05, 4.69) is 10.2 Å². The SMILES string of the molecule is CN(CCOc1ccccc1)C(C(=O)NC1CC1)c1ccccc1. The highest BCUT2D eigenvalue weighted by molar-refractivity contribution is 5.83. The molecule has 0 saturated heterocycles. The van der Waals surface area contributed by atoms with E-state index in [1.165, 1.54) is 0 Å². The average molecular weight is 324 g/mol. The van der Waals surface area contributed by atoms with Crippen molar-refractivity contribution >= 4 is 5.91 Å². The van der Waals surface area contributed by atoms with Gasteiger partial charge in [-0.25, -0.2) is 0 Å². The van der Waals surface area contributed by atoms with E-state index in [4.69, 9.17) is 4.74 Å². The summed E-state index contributed by atoms with van der Waals surface area (Å²) < 4.78 is 5.76. The van der Waals surface area contributed by atoms with Gasteiger partial charge in [0.05, 0.1) is 0 Å². The number of nitrogens with one attached hydrogen (secondary N) is 1. The molecule has 1 amide bonds. The van der Waals surface area contributed by atoms with Crippen molar-refractivity contribution in [2.24, 2.45) is 0 Å². The Labute approximate surface area is 143 Å². The Hall–Kier alpha value is -2.33. The molecule has 24 heavy (non-hydrogen) atoms. The zero-order valence-corrected chi connectivity index (χ0v) is 14.0. The summed E-state index contributed by atoms with van der Waals surface area (Å²) >= 11 is 0. The summed E-state index contributed by atoms with van der Waals surface area (Å²) in [5.41, 5.74) is 1.01. The Bertz CT molecular complexity index is 641. The van der Waals surface area contributed by atoms with Crippen LogP contribution in [0, 0.1) is 0 Å². The van der Waals surface area contributed by atoms with E-state index in [-0.39, 0.29) is 11.9 Å². The minimum atomic E-state index is -0.286. The molecule has 126 valence electrons. The number of likely N-dealkylation sites (N-methyl/N-ethyl adjacent to an activating group) is 1. The average Bonchev–Trinajstić information content (AvgIpc) is 3.41. The summed E-state index contributed by atoms with van der Waals surface area (Å²) in [6, 6.07) is 19.8. The summed E-state index contributed by atoms with van der Waals surface area (Å²) in [5.74, 6) is 0.926. The van der Waals surface area contributed by atoms with Crippen LogP contribution in [0.2, 0.25) is 0 Å². The number of nitrogens with zero attached hydrogens (tertiary/aromatic N) is 1. The molecule has 1 atom stereocenters. The maximum absolute atomic E-state index is 12.7. The first kappa shape index (κ1) is 16.5. The Morgan fingerprint density at radius 1 is 1.12 bits per heavy atom. The lowest BCUT2D eigenvalue weighted by Crippen LogP contribution is -2.41. The zero-order chi connectivity index (χ0) is 16.8. The van der Waals surface area contributed by atoms with Gasteiger partial charge in [-0.1, -0.05) is 48.5 Å². The number of hydrogen-bond acceptors (Lipinski definition) is 3. The lowest BCUT2D eigenvalue weighted by molar-refractivity contribution is -0.126. The second-order valence-electron chi connectivity index (χ2n) is 6.24. The molecule has 0 bridgehead atoms. The van der Waals surface area contributed by atoms with Crippen LogP contribution >= 0.6 is 0 Å². The number of benzene rings is 2. The van der Waals surface area contributed by atoms with E-state index < -0.39 is 0 Å². The third-order valence-corrected chi connectivity index (χ3v) is 4.18. The number of carbonyl (C=O) groups is 1. The molecule has 4 nitrogen and oxygen atoms in total. The first-order chi connectivity index (χ1) is 11.7. The fraction of sp³-hybridized carbons (Fsp3) is 0.350. The topological polar surface area (TPSA) is 41.6 Å². The molecule has 1 unspecified atom stereocenters. The van der Waals surface area contributed by atoms with Crippen LogP contribution in [-0.4, -0.2) is 37.0 Å². The number of rotatable bonds is 8. The largest absolute Gasteiger partial charge is 0.492 e. The van der Waals surface area contributed by atoms with Gasteiger partial charge >= 0.3 is 0 Å². The van der Waals surface area contributed by atoms with E-state index in [0.717, 1.165) is 24.2 Å². The maximum atomic E-state index is 12.7. The molecule has 0 aliphatic heterocycles. The highest BCUT2D eigenvalue weighted by atomic mass is 16.5. The lowest BCUT2D eigenvalue weighted by atomic mass is 10.0. The molecule has 0 spiro atoms. The first-order valence-electron chi connectivity index (χ1n) is 8.47. The molecule has 1 fully saturated rings. The molecule has 1 aliphatic carbocycles. The molecule has 2 aromatic rings. The van der Waals surface area contributed by atoms with Crippen molar-refractivity contribution in [3.63, 3.8) is 0 Å². The van der Waals surface area contributed by atoms with Gasteiger partial charge in [0.2, 0.25) is 5.91 Å². The van der Waals surface area contributed by atoms with Crippen molar-refractivity contribution in [3.05, 3.63) is 66.2 Å². The van der Waals surface area contributed by atoms with Gasteiger partial charge in [-0.15, -0.1) is 0 Å². The molecule has 0 heterocycles. The molecule has 1 aliphatic rings. The van der Waals surface area contributed by atoms with Crippen LogP contribution < -0.4 is 10.1 Å². The van der Waals surface area contributed by atoms with Gasteiger partial charge in [-0.05, 0) is 37.6 Å². The minimum absolute atomic E-state index is 0.0749. The molecule has 4 heteroatoms. The summed E-state index contributed by atoms with van der Waals surface area (Å²) in [6.45, 7) is 1.22. The third-order valence-electron chi connectivity index (χ3n) is 4.18. The number of ether oxygens (including phenoxy) is 1. The predicted molar refractivity (Wildman–Crippen MR) is 94.9 cm³/mol. The molecule has 3 rings (SSSR count). The van der Waals surface area contributed by atoms with Gasteiger partial charge in [0.1, 0.15) is 18.4 Å². The van der Waals surface area contributed by atoms with Crippen molar-refractivity contribution in [1.82, 2.24) is 10.2 Å². The van der Waals surface area contributed by atoms with Crippen LogP contribution in [0.25, 0.3) is 0 Å². The molecule has 0 radical (unpaired) electrons. The van der Waals surface area contributed by atoms with Gasteiger partial charge in [0.25, 0.3) is 0 Å². The van der Waals surface area contributed by atoms with Crippen LogP contribution in [0.4, 0.5) is 0 Å². The molecule has 1 saturated carbocycles. The maximum Gasteiger partial charge on any atom is 0.242 e. The number of amides is 1. The quantitative estimate of drug-likeness (QED) is 0.811. The van der Waals surface area contributed by atoms with Crippen molar-refractivity contribution < 1.29 is 9.53 Å².